The molecule has 23 heavy (non-hydrogen) atoms. The normalized spacial score (nSPS) is 11.8. The van der Waals surface area contributed by atoms with E-state index in [9.17, 15) is 4.79 Å². The van der Waals surface area contributed by atoms with E-state index in [1.165, 1.54) is 17.7 Å². The molecule has 0 radical (unpaired) electrons. The lowest BCUT2D eigenvalue weighted by Crippen LogP contribution is -2.28. The molecule has 120 valence electrons. The maximum absolute atomic E-state index is 12.7. The fraction of sp³-hybridized carbons (Fsp3) is 0.400. The van der Waals surface area contributed by atoms with E-state index in [2.05, 4.69) is 40.8 Å². The Bertz CT molecular complexity index is 833. The van der Waals surface area contributed by atoms with Gasteiger partial charge in [-0.05, 0) is 6.07 Å². The average Bonchev–Trinajstić information content (AvgIpc) is 3.14. The molecule has 1 amide bonds. The van der Waals surface area contributed by atoms with E-state index in [1.807, 2.05) is 5.38 Å². The number of carbonyl (C=O) groups is 1. The first-order valence-corrected chi connectivity index (χ1v) is 8.09. The number of thiazole rings is 1. The Balaban J connectivity index is 1.97. The van der Waals surface area contributed by atoms with E-state index in [0.717, 1.165) is 10.7 Å². The second-order valence-electron chi connectivity index (χ2n) is 6.34. The minimum atomic E-state index is -0.183. The van der Waals surface area contributed by atoms with Crippen LogP contribution in [0, 0.1) is 0 Å². The minimum Gasteiger partial charge on any atom is -0.334 e. The van der Waals surface area contributed by atoms with E-state index in [4.69, 9.17) is 0 Å². The molecule has 0 aromatic carbocycles. The minimum absolute atomic E-state index is 0.156. The van der Waals surface area contributed by atoms with Crippen LogP contribution in [-0.2, 0) is 12.0 Å². The SMILES string of the molecule is CN(Cc1nccs1)C(=O)c1cc(C(C)(C)C)n2ncnc2n1. The van der Waals surface area contributed by atoms with Gasteiger partial charge in [0.05, 0.1) is 12.2 Å². The first-order chi connectivity index (χ1) is 10.9. The molecule has 0 atom stereocenters. The number of rotatable bonds is 3. The molecular weight excluding hydrogens is 312 g/mol. The number of nitrogens with zero attached hydrogens (tertiary/aromatic N) is 6. The molecular formula is C15H18N6OS. The fourth-order valence-electron chi connectivity index (χ4n) is 2.26. The van der Waals surface area contributed by atoms with Gasteiger partial charge in [-0.2, -0.15) is 10.1 Å². The lowest BCUT2D eigenvalue weighted by atomic mass is 9.91. The van der Waals surface area contributed by atoms with Crippen molar-refractivity contribution in [3.05, 3.63) is 40.4 Å². The highest BCUT2D eigenvalue weighted by Crippen LogP contribution is 2.23. The molecule has 0 bridgehead atoms. The summed E-state index contributed by atoms with van der Waals surface area (Å²) in [6.07, 6.45) is 3.18. The summed E-state index contributed by atoms with van der Waals surface area (Å²) < 4.78 is 1.68. The van der Waals surface area contributed by atoms with Crippen LogP contribution < -0.4 is 0 Å². The van der Waals surface area contributed by atoms with Crippen molar-refractivity contribution in [2.75, 3.05) is 7.05 Å². The molecule has 0 spiro atoms. The van der Waals surface area contributed by atoms with Gasteiger partial charge in [0.15, 0.2) is 0 Å². The second kappa shape index (κ2) is 5.69. The monoisotopic (exact) mass is 330 g/mol. The lowest BCUT2D eigenvalue weighted by Gasteiger charge is -2.21. The molecule has 3 aromatic rings. The van der Waals surface area contributed by atoms with Crippen molar-refractivity contribution in [2.24, 2.45) is 0 Å². The Labute approximate surface area is 138 Å². The van der Waals surface area contributed by atoms with Crippen LogP contribution in [-0.4, -0.2) is 42.4 Å². The molecule has 0 fully saturated rings. The number of fused-ring (bicyclic) bond motifs is 1. The number of hydrogen-bond donors (Lipinski definition) is 0. The van der Waals surface area contributed by atoms with Crippen molar-refractivity contribution in [2.45, 2.75) is 32.7 Å². The maximum atomic E-state index is 12.7. The van der Waals surface area contributed by atoms with Crippen molar-refractivity contribution in [1.82, 2.24) is 29.5 Å². The summed E-state index contributed by atoms with van der Waals surface area (Å²) in [5, 5.41) is 6.99. The van der Waals surface area contributed by atoms with Gasteiger partial charge in [0.1, 0.15) is 17.0 Å². The molecule has 0 aliphatic rings. The van der Waals surface area contributed by atoms with Crippen LogP contribution in [0.5, 0.6) is 0 Å². The summed E-state index contributed by atoms with van der Waals surface area (Å²) >= 11 is 1.52. The summed E-state index contributed by atoms with van der Waals surface area (Å²) in [6, 6.07) is 1.79. The second-order valence-corrected chi connectivity index (χ2v) is 7.31. The molecule has 7 nitrogen and oxygen atoms in total. The van der Waals surface area contributed by atoms with Crippen molar-refractivity contribution in [1.29, 1.82) is 0 Å². The zero-order chi connectivity index (χ0) is 16.6. The van der Waals surface area contributed by atoms with Gasteiger partial charge in [-0.1, -0.05) is 20.8 Å². The van der Waals surface area contributed by atoms with E-state index in [0.29, 0.717) is 18.0 Å². The number of carbonyl (C=O) groups excluding carboxylic acids is 1. The van der Waals surface area contributed by atoms with Crippen LogP contribution in [0.3, 0.4) is 0 Å². The summed E-state index contributed by atoms with van der Waals surface area (Å²) in [6.45, 7) is 6.66. The Morgan fingerprint density at radius 3 is 2.78 bits per heavy atom. The van der Waals surface area contributed by atoms with E-state index >= 15 is 0 Å². The standard InChI is InChI=1S/C15H18N6OS/c1-15(2,3)11-7-10(19-14-17-9-18-21(11)14)13(22)20(4)8-12-16-5-6-23-12/h5-7,9H,8H2,1-4H3. The van der Waals surface area contributed by atoms with Crippen LogP contribution in [0.2, 0.25) is 0 Å². The van der Waals surface area contributed by atoms with Crippen LogP contribution >= 0.6 is 11.3 Å². The lowest BCUT2D eigenvalue weighted by molar-refractivity contribution is 0.0779. The van der Waals surface area contributed by atoms with Crippen LogP contribution in [0.1, 0.15) is 42.0 Å². The number of aromatic nitrogens is 5. The van der Waals surface area contributed by atoms with Crippen LogP contribution in [0.25, 0.3) is 5.78 Å². The molecule has 3 heterocycles. The first-order valence-electron chi connectivity index (χ1n) is 7.21. The molecule has 0 saturated heterocycles. The van der Waals surface area contributed by atoms with Gasteiger partial charge in [-0.15, -0.1) is 11.3 Å². The quantitative estimate of drug-likeness (QED) is 0.735. The van der Waals surface area contributed by atoms with E-state index in [1.54, 1.807) is 28.7 Å². The third-order valence-electron chi connectivity index (χ3n) is 3.44. The molecule has 0 unspecified atom stereocenters. The highest BCUT2D eigenvalue weighted by atomic mass is 32.1. The molecule has 3 aromatic heterocycles. The smallest absolute Gasteiger partial charge is 0.272 e. The average molecular weight is 330 g/mol. The van der Waals surface area contributed by atoms with Crippen molar-refractivity contribution in [3.8, 4) is 0 Å². The Kier molecular flexibility index (Phi) is 3.85. The maximum Gasteiger partial charge on any atom is 0.272 e. The van der Waals surface area contributed by atoms with Crippen molar-refractivity contribution in [3.63, 3.8) is 0 Å². The molecule has 0 N–H and O–H groups in total. The third kappa shape index (κ3) is 3.07. The number of amides is 1. The van der Waals surface area contributed by atoms with E-state index < -0.39 is 0 Å². The van der Waals surface area contributed by atoms with Gasteiger partial charge < -0.3 is 4.90 Å². The molecule has 3 rings (SSSR count). The molecule has 0 aliphatic carbocycles. The number of hydrogen-bond acceptors (Lipinski definition) is 6. The summed E-state index contributed by atoms with van der Waals surface area (Å²) in [5.74, 6) is 0.277. The summed E-state index contributed by atoms with van der Waals surface area (Å²) in [5.41, 5.74) is 1.08. The predicted octanol–water partition coefficient (Wildman–Crippen LogP) is 2.15. The Morgan fingerprint density at radius 2 is 2.13 bits per heavy atom. The topological polar surface area (TPSA) is 76.3 Å². The summed E-state index contributed by atoms with van der Waals surface area (Å²) in [7, 11) is 1.75. The largest absolute Gasteiger partial charge is 0.334 e. The van der Waals surface area contributed by atoms with Crippen LogP contribution in [0.15, 0.2) is 24.0 Å². The van der Waals surface area contributed by atoms with Gasteiger partial charge >= 0.3 is 0 Å². The fourth-order valence-corrected chi connectivity index (χ4v) is 2.93. The molecule has 0 saturated carbocycles. The van der Waals surface area contributed by atoms with Gasteiger partial charge in [0.25, 0.3) is 11.7 Å². The van der Waals surface area contributed by atoms with Crippen LogP contribution in [0.4, 0.5) is 0 Å². The zero-order valence-electron chi connectivity index (χ0n) is 13.5. The Morgan fingerprint density at radius 1 is 1.35 bits per heavy atom. The molecule has 8 heteroatoms. The van der Waals surface area contributed by atoms with Gasteiger partial charge in [-0.3, -0.25) is 4.79 Å². The Hall–Kier alpha value is -2.35. The van der Waals surface area contributed by atoms with Gasteiger partial charge in [-0.25, -0.2) is 14.5 Å². The van der Waals surface area contributed by atoms with Crippen molar-refractivity contribution >= 4 is 23.0 Å². The van der Waals surface area contributed by atoms with Gasteiger partial charge in [0.2, 0.25) is 0 Å². The van der Waals surface area contributed by atoms with Gasteiger partial charge in [0, 0.05) is 24.0 Å². The predicted molar refractivity (Wildman–Crippen MR) is 87.4 cm³/mol. The highest BCUT2D eigenvalue weighted by molar-refractivity contribution is 7.09. The highest BCUT2D eigenvalue weighted by Gasteiger charge is 2.23. The molecule has 0 aliphatic heterocycles. The zero-order valence-corrected chi connectivity index (χ0v) is 14.3. The third-order valence-corrected chi connectivity index (χ3v) is 4.21. The van der Waals surface area contributed by atoms with Crippen molar-refractivity contribution < 1.29 is 4.79 Å². The first kappa shape index (κ1) is 15.5. The summed E-state index contributed by atoms with van der Waals surface area (Å²) in [4.78, 5) is 27.0. The van der Waals surface area contributed by atoms with E-state index in [-0.39, 0.29) is 11.3 Å².